The number of esters is 1. The molecule has 0 aliphatic rings. The molecule has 0 aliphatic heterocycles. The number of ether oxygens (including phenoxy) is 2. The minimum atomic E-state index is -1.40. The Morgan fingerprint density at radius 1 is 1.05 bits per heavy atom. The van der Waals surface area contributed by atoms with Crippen LogP contribution in [0.3, 0.4) is 0 Å². The fraction of sp³-hybridized carbons (Fsp3) is 0.429. The molecule has 0 radical (unpaired) electrons. The number of benzene rings is 1. The number of rotatable bonds is 2. The second-order valence-corrected chi connectivity index (χ2v) is 5.42. The fourth-order valence-corrected chi connectivity index (χ4v) is 1.35. The molecule has 0 aromatic heterocycles. The van der Waals surface area contributed by atoms with Crippen LogP contribution in [0.1, 0.15) is 33.3 Å². The van der Waals surface area contributed by atoms with E-state index in [0.29, 0.717) is 5.56 Å². The van der Waals surface area contributed by atoms with Crippen molar-refractivity contribution in [2.75, 3.05) is 0 Å². The van der Waals surface area contributed by atoms with Crippen molar-refractivity contribution in [1.82, 2.24) is 0 Å². The van der Waals surface area contributed by atoms with E-state index in [9.17, 15) is 9.59 Å². The van der Waals surface area contributed by atoms with Crippen LogP contribution in [0.4, 0.5) is 4.79 Å². The third kappa shape index (κ3) is 4.37. The Morgan fingerprint density at radius 3 is 2.05 bits per heavy atom. The van der Waals surface area contributed by atoms with Crippen molar-refractivity contribution in [2.45, 2.75) is 38.8 Å². The molecule has 19 heavy (non-hydrogen) atoms. The van der Waals surface area contributed by atoms with Crippen molar-refractivity contribution >= 4 is 12.1 Å². The third-order valence-electron chi connectivity index (χ3n) is 2.36. The lowest BCUT2D eigenvalue weighted by molar-refractivity contribution is -0.147. The predicted molar refractivity (Wildman–Crippen MR) is 70.3 cm³/mol. The molecule has 0 amide bonds. The van der Waals surface area contributed by atoms with Crippen molar-refractivity contribution in [3.63, 3.8) is 0 Å². The molecule has 1 aromatic rings. The molecule has 0 fully saturated rings. The van der Waals surface area contributed by atoms with Gasteiger partial charge in [0, 0.05) is 0 Å². The summed E-state index contributed by atoms with van der Waals surface area (Å²) in [7, 11) is 0. The SMILES string of the molecule is CC(C)(C)OC(=O)OC(=O)[C@@](C)(N)c1ccccc1. The molecule has 1 atom stereocenters. The van der Waals surface area contributed by atoms with E-state index in [2.05, 4.69) is 4.74 Å². The molecule has 0 saturated carbocycles. The summed E-state index contributed by atoms with van der Waals surface area (Å²) in [6.07, 6.45) is -1.05. The van der Waals surface area contributed by atoms with Gasteiger partial charge in [0.25, 0.3) is 0 Å². The van der Waals surface area contributed by atoms with Crippen LogP contribution in [-0.2, 0) is 19.8 Å². The first-order chi connectivity index (χ1) is 8.63. The normalized spacial score (nSPS) is 14.4. The van der Waals surface area contributed by atoms with Crippen LogP contribution in [-0.4, -0.2) is 17.7 Å². The smallest absolute Gasteiger partial charge is 0.428 e. The van der Waals surface area contributed by atoms with E-state index in [-0.39, 0.29) is 0 Å². The molecule has 0 heterocycles. The van der Waals surface area contributed by atoms with Gasteiger partial charge < -0.3 is 15.2 Å². The highest BCUT2D eigenvalue weighted by Crippen LogP contribution is 2.20. The van der Waals surface area contributed by atoms with Gasteiger partial charge in [-0.3, -0.25) is 0 Å². The zero-order chi connectivity index (χ0) is 14.7. The van der Waals surface area contributed by atoms with Gasteiger partial charge in [-0.15, -0.1) is 0 Å². The summed E-state index contributed by atoms with van der Waals surface area (Å²) in [6, 6.07) is 8.69. The Kier molecular flexibility index (Phi) is 4.32. The van der Waals surface area contributed by atoms with Gasteiger partial charge in [-0.25, -0.2) is 9.59 Å². The van der Waals surface area contributed by atoms with E-state index in [0.717, 1.165) is 0 Å². The van der Waals surface area contributed by atoms with E-state index < -0.39 is 23.3 Å². The van der Waals surface area contributed by atoms with Gasteiger partial charge in [0.15, 0.2) is 0 Å². The molecule has 0 aliphatic carbocycles. The molecule has 1 aromatic carbocycles. The van der Waals surface area contributed by atoms with Crippen LogP contribution < -0.4 is 5.73 Å². The van der Waals surface area contributed by atoms with Crippen LogP contribution in [0.2, 0.25) is 0 Å². The molecule has 0 bridgehead atoms. The lowest BCUT2D eigenvalue weighted by Crippen LogP contribution is -2.44. The van der Waals surface area contributed by atoms with Gasteiger partial charge in [0.2, 0.25) is 0 Å². The third-order valence-corrected chi connectivity index (χ3v) is 2.36. The molecule has 104 valence electrons. The molecule has 5 heteroatoms. The fourth-order valence-electron chi connectivity index (χ4n) is 1.35. The summed E-state index contributed by atoms with van der Waals surface area (Å²) in [5.41, 5.74) is 4.34. The predicted octanol–water partition coefficient (Wildman–Crippen LogP) is 2.34. The highest BCUT2D eigenvalue weighted by molar-refractivity contribution is 5.89. The lowest BCUT2D eigenvalue weighted by Gasteiger charge is -2.24. The van der Waals surface area contributed by atoms with Crippen molar-refractivity contribution < 1.29 is 19.1 Å². The zero-order valence-corrected chi connectivity index (χ0v) is 11.6. The molecule has 0 saturated heterocycles. The second-order valence-electron chi connectivity index (χ2n) is 5.42. The number of hydrogen-bond acceptors (Lipinski definition) is 5. The van der Waals surface area contributed by atoms with Gasteiger partial charge in [-0.1, -0.05) is 30.3 Å². The molecular weight excluding hydrogens is 246 g/mol. The first-order valence-corrected chi connectivity index (χ1v) is 5.92. The maximum Gasteiger partial charge on any atom is 0.516 e. The first kappa shape index (κ1) is 15.2. The molecular formula is C14H19NO4. The van der Waals surface area contributed by atoms with Gasteiger partial charge in [-0.2, -0.15) is 0 Å². The summed E-state index contributed by atoms with van der Waals surface area (Å²) in [4.78, 5) is 23.3. The first-order valence-electron chi connectivity index (χ1n) is 5.92. The van der Waals surface area contributed by atoms with Crippen LogP contribution in [0, 0.1) is 0 Å². The Hall–Kier alpha value is -1.88. The lowest BCUT2D eigenvalue weighted by atomic mass is 9.93. The van der Waals surface area contributed by atoms with E-state index in [1.807, 2.05) is 0 Å². The van der Waals surface area contributed by atoms with Crippen molar-refractivity contribution in [2.24, 2.45) is 5.73 Å². The Bertz CT molecular complexity index is 460. The van der Waals surface area contributed by atoms with E-state index >= 15 is 0 Å². The largest absolute Gasteiger partial charge is 0.516 e. The van der Waals surface area contributed by atoms with Gasteiger partial charge >= 0.3 is 12.1 Å². The maximum absolute atomic E-state index is 11.9. The van der Waals surface area contributed by atoms with Gasteiger partial charge in [0.1, 0.15) is 11.1 Å². The minimum absolute atomic E-state index is 0.559. The van der Waals surface area contributed by atoms with E-state index in [1.54, 1.807) is 51.1 Å². The summed E-state index contributed by atoms with van der Waals surface area (Å²) in [6.45, 7) is 6.52. The molecule has 5 nitrogen and oxygen atoms in total. The Balaban J connectivity index is 2.75. The number of hydrogen-bond donors (Lipinski definition) is 1. The average molecular weight is 265 g/mol. The number of carbonyl (C=O) groups excluding carboxylic acids is 2. The quantitative estimate of drug-likeness (QED) is 0.656. The van der Waals surface area contributed by atoms with Gasteiger partial charge in [0.05, 0.1) is 0 Å². The van der Waals surface area contributed by atoms with Crippen LogP contribution in [0.15, 0.2) is 30.3 Å². The monoisotopic (exact) mass is 265 g/mol. The van der Waals surface area contributed by atoms with Gasteiger partial charge in [-0.05, 0) is 33.3 Å². The molecule has 0 unspecified atom stereocenters. The van der Waals surface area contributed by atoms with Crippen LogP contribution in [0.25, 0.3) is 0 Å². The zero-order valence-electron chi connectivity index (χ0n) is 11.6. The van der Waals surface area contributed by atoms with E-state index in [1.165, 1.54) is 6.92 Å². The molecule has 1 rings (SSSR count). The summed E-state index contributed by atoms with van der Waals surface area (Å²) < 4.78 is 9.52. The Labute approximate surface area is 112 Å². The summed E-state index contributed by atoms with van der Waals surface area (Å²) >= 11 is 0. The maximum atomic E-state index is 11.9. The van der Waals surface area contributed by atoms with Crippen LogP contribution >= 0.6 is 0 Å². The topological polar surface area (TPSA) is 78.6 Å². The Morgan fingerprint density at radius 2 is 1.58 bits per heavy atom. The van der Waals surface area contributed by atoms with Crippen LogP contribution in [0.5, 0.6) is 0 Å². The number of nitrogens with two attached hydrogens (primary N) is 1. The second kappa shape index (κ2) is 5.40. The molecule has 2 N–H and O–H groups in total. The van der Waals surface area contributed by atoms with Crippen molar-refractivity contribution in [3.05, 3.63) is 35.9 Å². The molecule has 0 spiro atoms. The summed E-state index contributed by atoms with van der Waals surface area (Å²) in [5, 5.41) is 0. The summed E-state index contributed by atoms with van der Waals surface area (Å²) in [5.74, 6) is -0.854. The van der Waals surface area contributed by atoms with E-state index in [4.69, 9.17) is 10.5 Å². The van der Waals surface area contributed by atoms with Crippen molar-refractivity contribution in [3.8, 4) is 0 Å². The van der Waals surface area contributed by atoms with Crippen molar-refractivity contribution in [1.29, 1.82) is 0 Å². The minimum Gasteiger partial charge on any atom is -0.428 e. The highest BCUT2D eigenvalue weighted by Gasteiger charge is 2.35. The number of carbonyl (C=O) groups is 2. The average Bonchev–Trinajstić information content (AvgIpc) is 2.27. The standard InChI is InChI=1S/C14H19NO4/c1-13(2,3)19-12(17)18-11(16)14(4,15)10-8-6-5-7-9-10/h5-9H,15H2,1-4H3/t14-/m0/s1. The highest BCUT2D eigenvalue weighted by atomic mass is 16.7.